The summed E-state index contributed by atoms with van der Waals surface area (Å²) >= 11 is 0. The van der Waals surface area contributed by atoms with E-state index in [-0.39, 0.29) is 12.2 Å². The first-order valence-corrected chi connectivity index (χ1v) is 8.24. The van der Waals surface area contributed by atoms with Crippen LogP contribution in [0.2, 0.25) is 0 Å². The molecule has 0 saturated carbocycles. The van der Waals surface area contributed by atoms with Gasteiger partial charge in [0, 0.05) is 19.3 Å². The maximum Gasteiger partial charge on any atom is 0.168 e. The Morgan fingerprint density at radius 3 is 2.70 bits per heavy atom. The summed E-state index contributed by atoms with van der Waals surface area (Å²) in [5, 5.41) is 3.38. The molecule has 1 aliphatic rings. The summed E-state index contributed by atoms with van der Waals surface area (Å²) in [6.45, 7) is 6.70. The van der Waals surface area contributed by atoms with Crippen molar-refractivity contribution in [2.24, 2.45) is 0 Å². The first-order chi connectivity index (χ1) is 11.3. The van der Waals surface area contributed by atoms with Gasteiger partial charge in [-0.3, -0.25) is 4.98 Å². The van der Waals surface area contributed by atoms with Crippen LogP contribution in [0.3, 0.4) is 0 Å². The van der Waals surface area contributed by atoms with Crippen molar-refractivity contribution in [3.8, 4) is 5.75 Å². The summed E-state index contributed by atoms with van der Waals surface area (Å²) in [4.78, 5) is 4.49. The van der Waals surface area contributed by atoms with Crippen LogP contribution >= 0.6 is 0 Å². The molecule has 2 aromatic rings. The Hall–Kier alpha value is -1.91. The fourth-order valence-electron chi connectivity index (χ4n) is 2.85. The monoisotopic (exact) mass is 312 g/mol. The molecule has 0 radical (unpaired) electrons. The van der Waals surface area contributed by atoms with Crippen LogP contribution in [0.4, 0.5) is 0 Å². The highest BCUT2D eigenvalue weighted by Gasteiger charge is 2.29. The number of hydrogen-bond acceptors (Lipinski definition) is 4. The molecule has 1 fully saturated rings. The lowest BCUT2D eigenvalue weighted by Gasteiger charge is -2.31. The van der Waals surface area contributed by atoms with Crippen LogP contribution in [0.5, 0.6) is 5.75 Å². The van der Waals surface area contributed by atoms with E-state index in [1.807, 2.05) is 30.3 Å². The lowest BCUT2D eigenvalue weighted by molar-refractivity contribution is -0.0450. The number of aromatic nitrogens is 1. The molecule has 1 saturated heterocycles. The summed E-state index contributed by atoms with van der Waals surface area (Å²) in [6, 6.07) is 14.1. The van der Waals surface area contributed by atoms with Gasteiger partial charge >= 0.3 is 0 Å². The number of nitrogens with zero attached hydrogens (tertiary/aromatic N) is 1. The van der Waals surface area contributed by atoms with Crippen LogP contribution < -0.4 is 10.1 Å². The fraction of sp³-hybridized carbons (Fsp3) is 0.421. The highest BCUT2D eigenvalue weighted by Crippen LogP contribution is 2.32. The molecule has 2 atom stereocenters. The average molecular weight is 312 g/mol. The van der Waals surface area contributed by atoms with Crippen molar-refractivity contribution in [1.82, 2.24) is 10.3 Å². The normalized spacial score (nSPS) is 19.5. The van der Waals surface area contributed by atoms with E-state index in [4.69, 9.17) is 9.47 Å². The van der Waals surface area contributed by atoms with E-state index in [2.05, 4.69) is 36.3 Å². The molecular formula is C19H24N2O2. The van der Waals surface area contributed by atoms with Gasteiger partial charge < -0.3 is 14.8 Å². The largest absolute Gasteiger partial charge is 0.481 e. The van der Waals surface area contributed by atoms with E-state index in [9.17, 15) is 0 Å². The molecule has 23 heavy (non-hydrogen) atoms. The van der Waals surface area contributed by atoms with Crippen LogP contribution in [-0.4, -0.2) is 30.8 Å². The molecule has 2 heterocycles. The van der Waals surface area contributed by atoms with Crippen molar-refractivity contribution in [3.63, 3.8) is 0 Å². The maximum absolute atomic E-state index is 6.40. The van der Waals surface area contributed by atoms with E-state index in [1.165, 1.54) is 5.56 Å². The van der Waals surface area contributed by atoms with Crippen molar-refractivity contribution in [2.75, 3.05) is 19.7 Å². The molecule has 0 spiro atoms. The smallest absolute Gasteiger partial charge is 0.168 e. The zero-order valence-electron chi connectivity index (χ0n) is 13.7. The van der Waals surface area contributed by atoms with Gasteiger partial charge in [-0.1, -0.05) is 38.1 Å². The summed E-state index contributed by atoms with van der Waals surface area (Å²) in [6.07, 6.45) is 1.54. The van der Waals surface area contributed by atoms with E-state index < -0.39 is 0 Å². The second-order valence-electron chi connectivity index (χ2n) is 6.10. The van der Waals surface area contributed by atoms with Gasteiger partial charge in [0.1, 0.15) is 11.9 Å². The SMILES string of the molecule is CC(C)c1ccccc1OC(c1ccccn1)[C@@H]1CNCCO1. The van der Waals surface area contributed by atoms with E-state index in [1.54, 1.807) is 6.20 Å². The lowest BCUT2D eigenvalue weighted by atomic mass is 10.0. The zero-order chi connectivity index (χ0) is 16.1. The Kier molecular flexibility index (Phi) is 5.26. The van der Waals surface area contributed by atoms with Gasteiger partial charge in [0.05, 0.1) is 12.3 Å². The zero-order valence-corrected chi connectivity index (χ0v) is 13.7. The molecular weight excluding hydrogens is 288 g/mol. The Labute approximate surface area is 137 Å². The fourth-order valence-corrected chi connectivity index (χ4v) is 2.85. The molecule has 1 N–H and O–H groups in total. The summed E-state index contributed by atoms with van der Waals surface area (Å²) in [5.74, 6) is 1.31. The number of ether oxygens (including phenoxy) is 2. The maximum atomic E-state index is 6.40. The van der Waals surface area contributed by atoms with Crippen LogP contribution in [0, 0.1) is 0 Å². The third-order valence-corrected chi connectivity index (χ3v) is 4.07. The van der Waals surface area contributed by atoms with Gasteiger partial charge in [-0.05, 0) is 29.7 Å². The van der Waals surface area contributed by atoms with Gasteiger partial charge in [-0.25, -0.2) is 0 Å². The molecule has 0 amide bonds. The second-order valence-corrected chi connectivity index (χ2v) is 6.10. The quantitative estimate of drug-likeness (QED) is 0.920. The molecule has 0 aliphatic carbocycles. The second kappa shape index (κ2) is 7.57. The first kappa shape index (κ1) is 16.0. The Morgan fingerprint density at radius 2 is 2.00 bits per heavy atom. The van der Waals surface area contributed by atoms with Gasteiger partial charge in [-0.15, -0.1) is 0 Å². The number of para-hydroxylation sites is 1. The van der Waals surface area contributed by atoms with Crippen molar-refractivity contribution in [2.45, 2.75) is 32.0 Å². The van der Waals surface area contributed by atoms with Crippen LogP contribution in [0.15, 0.2) is 48.7 Å². The molecule has 1 aliphatic heterocycles. The topological polar surface area (TPSA) is 43.4 Å². The van der Waals surface area contributed by atoms with E-state index >= 15 is 0 Å². The number of morpholine rings is 1. The number of benzene rings is 1. The number of pyridine rings is 1. The third kappa shape index (κ3) is 3.89. The molecule has 4 heteroatoms. The molecule has 0 bridgehead atoms. The highest BCUT2D eigenvalue weighted by molar-refractivity contribution is 5.36. The standard InChI is InChI=1S/C19H24N2O2/c1-14(2)15-7-3-4-9-17(15)23-19(16-8-5-6-10-21-16)18-13-20-11-12-22-18/h3-10,14,18-20H,11-13H2,1-2H3/t18-,19?/m0/s1. The predicted octanol–water partition coefficient (Wildman–Crippen LogP) is 3.31. The van der Waals surface area contributed by atoms with Gasteiger partial charge in [-0.2, -0.15) is 0 Å². The predicted molar refractivity (Wildman–Crippen MR) is 90.7 cm³/mol. The average Bonchev–Trinajstić information content (AvgIpc) is 2.61. The molecule has 1 aromatic heterocycles. The summed E-state index contributed by atoms with van der Waals surface area (Å²) in [5.41, 5.74) is 2.11. The Balaban J connectivity index is 1.90. The molecule has 1 unspecified atom stereocenters. The molecule has 1 aromatic carbocycles. The third-order valence-electron chi connectivity index (χ3n) is 4.07. The van der Waals surface area contributed by atoms with Crippen molar-refractivity contribution < 1.29 is 9.47 Å². The van der Waals surface area contributed by atoms with Gasteiger partial charge in [0.2, 0.25) is 0 Å². The number of rotatable bonds is 5. The molecule has 3 rings (SSSR count). The van der Waals surface area contributed by atoms with Gasteiger partial charge in [0.25, 0.3) is 0 Å². The van der Waals surface area contributed by atoms with Gasteiger partial charge in [0.15, 0.2) is 6.10 Å². The number of hydrogen-bond donors (Lipinski definition) is 1. The summed E-state index contributed by atoms with van der Waals surface area (Å²) in [7, 11) is 0. The van der Waals surface area contributed by atoms with Crippen LogP contribution in [0.25, 0.3) is 0 Å². The van der Waals surface area contributed by atoms with Crippen LogP contribution in [-0.2, 0) is 4.74 Å². The minimum Gasteiger partial charge on any atom is -0.481 e. The van der Waals surface area contributed by atoms with Crippen molar-refractivity contribution >= 4 is 0 Å². The van der Waals surface area contributed by atoms with E-state index in [0.29, 0.717) is 12.5 Å². The minimum atomic E-state index is -0.219. The summed E-state index contributed by atoms with van der Waals surface area (Å²) < 4.78 is 12.3. The number of nitrogens with one attached hydrogen (secondary N) is 1. The Bertz CT molecular complexity index is 610. The van der Waals surface area contributed by atoms with E-state index in [0.717, 1.165) is 24.5 Å². The minimum absolute atomic E-state index is 0.0427. The van der Waals surface area contributed by atoms with Crippen LogP contribution in [0.1, 0.15) is 37.1 Å². The first-order valence-electron chi connectivity index (χ1n) is 8.24. The highest BCUT2D eigenvalue weighted by atomic mass is 16.5. The molecule has 122 valence electrons. The lowest BCUT2D eigenvalue weighted by Crippen LogP contribution is -2.43. The Morgan fingerprint density at radius 1 is 1.17 bits per heavy atom. The van der Waals surface area contributed by atoms with Crippen molar-refractivity contribution in [1.29, 1.82) is 0 Å². The van der Waals surface area contributed by atoms with Crippen molar-refractivity contribution in [3.05, 3.63) is 59.9 Å². The molecule has 4 nitrogen and oxygen atoms in total.